The lowest BCUT2D eigenvalue weighted by Gasteiger charge is -2.34. The summed E-state index contributed by atoms with van der Waals surface area (Å²) in [5, 5.41) is 4.73. The SMILES string of the molecule is O=C(CCc1ccccc1)N1CCN(Cc2nc(-c3ccc(Cl)cc3)no2)CC1. The first-order chi connectivity index (χ1) is 14.2. The van der Waals surface area contributed by atoms with Gasteiger partial charge in [0, 0.05) is 43.2 Å². The van der Waals surface area contributed by atoms with Crippen molar-refractivity contribution in [2.24, 2.45) is 0 Å². The minimum absolute atomic E-state index is 0.219. The van der Waals surface area contributed by atoms with Crippen LogP contribution in [-0.2, 0) is 17.8 Å². The van der Waals surface area contributed by atoms with Crippen LogP contribution in [0, 0.1) is 0 Å². The van der Waals surface area contributed by atoms with Crippen molar-refractivity contribution in [3.63, 3.8) is 0 Å². The zero-order valence-electron chi connectivity index (χ0n) is 16.1. The minimum Gasteiger partial charge on any atom is -0.340 e. The molecule has 0 spiro atoms. The van der Waals surface area contributed by atoms with Crippen LogP contribution in [0.5, 0.6) is 0 Å². The number of hydrogen-bond acceptors (Lipinski definition) is 5. The smallest absolute Gasteiger partial charge is 0.241 e. The molecule has 1 saturated heterocycles. The maximum atomic E-state index is 12.5. The van der Waals surface area contributed by atoms with Gasteiger partial charge >= 0.3 is 0 Å². The van der Waals surface area contributed by atoms with Crippen LogP contribution in [0.1, 0.15) is 17.9 Å². The van der Waals surface area contributed by atoms with Crippen LogP contribution in [-0.4, -0.2) is 52.0 Å². The van der Waals surface area contributed by atoms with Gasteiger partial charge in [0.05, 0.1) is 6.54 Å². The summed E-state index contributed by atoms with van der Waals surface area (Å²) in [6, 6.07) is 17.5. The molecule has 1 aliphatic rings. The Labute approximate surface area is 175 Å². The molecule has 0 unspecified atom stereocenters. The van der Waals surface area contributed by atoms with E-state index in [4.69, 9.17) is 16.1 Å². The number of aromatic nitrogens is 2. The summed E-state index contributed by atoms with van der Waals surface area (Å²) in [5.41, 5.74) is 2.07. The van der Waals surface area contributed by atoms with Gasteiger partial charge in [-0.2, -0.15) is 4.98 Å². The molecule has 7 heteroatoms. The molecule has 29 heavy (non-hydrogen) atoms. The molecule has 0 N–H and O–H groups in total. The Kier molecular flexibility index (Phi) is 6.22. The standard InChI is InChI=1S/C22H23ClN4O2/c23-19-9-7-18(8-10-19)22-24-20(29-25-22)16-26-12-14-27(15-13-26)21(28)11-6-17-4-2-1-3-5-17/h1-5,7-10H,6,11-16H2. The maximum Gasteiger partial charge on any atom is 0.241 e. The van der Waals surface area contributed by atoms with Crippen molar-refractivity contribution >= 4 is 17.5 Å². The van der Waals surface area contributed by atoms with Crippen molar-refractivity contribution in [1.29, 1.82) is 0 Å². The van der Waals surface area contributed by atoms with Gasteiger partial charge in [0.25, 0.3) is 0 Å². The first-order valence-corrected chi connectivity index (χ1v) is 10.2. The van der Waals surface area contributed by atoms with Gasteiger partial charge in [0.2, 0.25) is 17.6 Å². The number of amides is 1. The molecule has 1 fully saturated rings. The van der Waals surface area contributed by atoms with Crippen LogP contribution >= 0.6 is 11.6 Å². The Bertz CT molecular complexity index is 935. The van der Waals surface area contributed by atoms with Gasteiger partial charge in [0.1, 0.15) is 0 Å². The van der Waals surface area contributed by atoms with E-state index in [1.54, 1.807) is 12.1 Å². The van der Waals surface area contributed by atoms with Crippen LogP contribution in [0.2, 0.25) is 5.02 Å². The number of benzene rings is 2. The number of halogens is 1. The Balaban J connectivity index is 1.25. The molecule has 0 saturated carbocycles. The van der Waals surface area contributed by atoms with Gasteiger partial charge in [-0.3, -0.25) is 9.69 Å². The zero-order valence-corrected chi connectivity index (χ0v) is 16.9. The molecular weight excluding hydrogens is 388 g/mol. The molecular formula is C22H23ClN4O2. The third-order valence-electron chi connectivity index (χ3n) is 5.12. The lowest BCUT2D eigenvalue weighted by molar-refractivity contribution is -0.133. The van der Waals surface area contributed by atoms with Crippen molar-refractivity contribution in [3.8, 4) is 11.4 Å². The monoisotopic (exact) mass is 410 g/mol. The molecule has 1 aromatic heterocycles. The van der Waals surface area contributed by atoms with E-state index >= 15 is 0 Å². The number of rotatable bonds is 6. The molecule has 2 aromatic carbocycles. The second kappa shape index (κ2) is 9.20. The highest BCUT2D eigenvalue weighted by Crippen LogP contribution is 2.19. The number of aryl methyl sites for hydroxylation is 1. The first kappa shape index (κ1) is 19.6. The summed E-state index contributed by atoms with van der Waals surface area (Å²) in [7, 11) is 0. The van der Waals surface area contributed by atoms with Gasteiger partial charge < -0.3 is 9.42 Å². The highest BCUT2D eigenvalue weighted by molar-refractivity contribution is 6.30. The predicted molar refractivity (Wildman–Crippen MR) is 111 cm³/mol. The summed E-state index contributed by atoms with van der Waals surface area (Å²) < 4.78 is 5.40. The fourth-order valence-electron chi connectivity index (χ4n) is 3.44. The van der Waals surface area contributed by atoms with Gasteiger partial charge in [-0.05, 0) is 36.2 Å². The van der Waals surface area contributed by atoms with Crippen LogP contribution in [0.4, 0.5) is 0 Å². The number of piperazine rings is 1. The summed E-state index contributed by atoms with van der Waals surface area (Å²) in [4.78, 5) is 21.1. The van der Waals surface area contributed by atoms with Crippen molar-refractivity contribution in [2.45, 2.75) is 19.4 Å². The van der Waals surface area contributed by atoms with Crippen LogP contribution in [0.3, 0.4) is 0 Å². The molecule has 0 radical (unpaired) electrons. The molecule has 1 aliphatic heterocycles. The van der Waals surface area contributed by atoms with E-state index in [9.17, 15) is 4.79 Å². The van der Waals surface area contributed by atoms with Crippen molar-refractivity contribution in [2.75, 3.05) is 26.2 Å². The van der Waals surface area contributed by atoms with Crippen molar-refractivity contribution < 1.29 is 9.32 Å². The summed E-state index contributed by atoms with van der Waals surface area (Å²) in [6.45, 7) is 3.65. The molecule has 0 atom stereocenters. The van der Waals surface area contributed by atoms with Crippen LogP contribution in [0.25, 0.3) is 11.4 Å². The lowest BCUT2D eigenvalue weighted by Crippen LogP contribution is -2.48. The molecule has 0 aliphatic carbocycles. The van der Waals surface area contributed by atoms with Crippen LogP contribution < -0.4 is 0 Å². The quantitative estimate of drug-likeness (QED) is 0.620. The normalized spacial score (nSPS) is 14.9. The highest BCUT2D eigenvalue weighted by Gasteiger charge is 2.22. The average molecular weight is 411 g/mol. The molecule has 2 heterocycles. The molecule has 6 nitrogen and oxygen atoms in total. The predicted octanol–water partition coefficient (Wildman–Crippen LogP) is 3.67. The van der Waals surface area contributed by atoms with Gasteiger partial charge in [-0.25, -0.2) is 0 Å². The first-order valence-electron chi connectivity index (χ1n) is 9.80. The molecule has 4 rings (SSSR count). The van der Waals surface area contributed by atoms with Gasteiger partial charge in [0.15, 0.2) is 0 Å². The Morgan fingerprint density at radius 2 is 1.72 bits per heavy atom. The van der Waals surface area contributed by atoms with E-state index in [0.29, 0.717) is 29.7 Å². The van der Waals surface area contributed by atoms with E-state index in [2.05, 4.69) is 27.2 Å². The third-order valence-corrected chi connectivity index (χ3v) is 5.38. The van der Waals surface area contributed by atoms with E-state index in [-0.39, 0.29) is 5.91 Å². The fraction of sp³-hybridized carbons (Fsp3) is 0.318. The molecule has 0 bridgehead atoms. The van der Waals surface area contributed by atoms with Crippen molar-refractivity contribution in [1.82, 2.24) is 19.9 Å². The molecule has 3 aromatic rings. The topological polar surface area (TPSA) is 62.5 Å². The molecule has 150 valence electrons. The Morgan fingerprint density at radius 3 is 2.45 bits per heavy atom. The van der Waals surface area contributed by atoms with Crippen LogP contribution in [0.15, 0.2) is 59.1 Å². The average Bonchev–Trinajstić information content (AvgIpc) is 3.22. The third kappa shape index (κ3) is 5.22. The number of nitrogens with zero attached hydrogens (tertiary/aromatic N) is 4. The zero-order chi connectivity index (χ0) is 20.1. The number of carbonyl (C=O) groups excluding carboxylic acids is 1. The summed E-state index contributed by atoms with van der Waals surface area (Å²) in [5.74, 6) is 1.36. The number of carbonyl (C=O) groups is 1. The van der Waals surface area contributed by atoms with E-state index in [1.807, 2.05) is 35.2 Å². The molecule has 1 amide bonds. The van der Waals surface area contributed by atoms with E-state index in [0.717, 1.165) is 38.2 Å². The number of hydrogen-bond donors (Lipinski definition) is 0. The highest BCUT2D eigenvalue weighted by atomic mass is 35.5. The maximum absolute atomic E-state index is 12.5. The summed E-state index contributed by atoms with van der Waals surface area (Å²) in [6.07, 6.45) is 1.34. The summed E-state index contributed by atoms with van der Waals surface area (Å²) >= 11 is 5.92. The fourth-order valence-corrected chi connectivity index (χ4v) is 3.56. The van der Waals surface area contributed by atoms with E-state index < -0.39 is 0 Å². The van der Waals surface area contributed by atoms with Crippen molar-refractivity contribution in [3.05, 3.63) is 71.1 Å². The lowest BCUT2D eigenvalue weighted by atomic mass is 10.1. The van der Waals surface area contributed by atoms with Gasteiger partial charge in [-0.15, -0.1) is 0 Å². The second-order valence-electron chi connectivity index (χ2n) is 7.16. The Morgan fingerprint density at radius 1 is 1.00 bits per heavy atom. The van der Waals surface area contributed by atoms with Gasteiger partial charge in [-0.1, -0.05) is 47.1 Å². The van der Waals surface area contributed by atoms with E-state index in [1.165, 1.54) is 5.56 Å². The minimum atomic E-state index is 0.219. The Hall–Kier alpha value is -2.70. The second-order valence-corrected chi connectivity index (χ2v) is 7.60. The largest absolute Gasteiger partial charge is 0.340 e.